The molecular weight excluding hydrogens is 356 g/mol. The average Bonchev–Trinajstić information content (AvgIpc) is 2.97. The minimum atomic E-state index is -0.264. The molecular formula is C19H27ClN2O4. The van der Waals surface area contributed by atoms with Gasteiger partial charge in [0.1, 0.15) is 0 Å². The molecule has 0 aromatic heterocycles. The summed E-state index contributed by atoms with van der Waals surface area (Å²) in [7, 11) is 1.51. The molecule has 6 nitrogen and oxygen atoms in total. The van der Waals surface area contributed by atoms with Gasteiger partial charge in [0.25, 0.3) is 5.91 Å². The topological polar surface area (TPSA) is 67.9 Å². The van der Waals surface area contributed by atoms with Crippen molar-refractivity contribution >= 4 is 23.4 Å². The molecule has 0 aliphatic carbocycles. The van der Waals surface area contributed by atoms with Crippen molar-refractivity contribution in [3.8, 4) is 11.5 Å². The van der Waals surface area contributed by atoms with Crippen LogP contribution in [0.5, 0.6) is 11.5 Å². The number of ether oxygens (including phenoxy) is 2. The predicted octanol–water partition coefficient (Wildman–Crippen LogP) is 3.12. The van der Waals surface area contributed by atoms with Gasteiger partial charge in [0.05, 0.1) is 18.7 Å². The zero-order valence-electron chi connectivity index (χ0n) is 15.8. The van der Waals surface area contributed by atoms with Crippen LogP contribution in [-0.2, 0) is 4.79 Å². The standard InChI is InChI=1S/C19H27ClN2O4/c1-12(2)11-26-18-15(20)8-14(9-16(18)25-4)19(24)21-13(3)10-22-7-5-6-17(22)23/h8-9,12-13H,5-7,10-11H2,1-4H3,(H,21,24). The van der Waals surface area contributed by atoms with Gasteiger partial charge in [-0.2, -0.15) is 0 Å². The van der Waals surface area contributed by atoms with E-state index in [1.807, 2.05) is 20.8 Å². The highest BCUT2D eigenvalue weighted by molar-refractivity contribution is 6.32. The second kappa shape index (κ2) is 9.12. The van der Waals surface area contributed by atoms with E-state index in [0.717, 1.165) is 13.0 Å². The smallest absolute Gasteiger partial charge is 0.251 e. The van der Waals surface area contributed by atoms with Crippen molar-refractivity contribution in [3.05, 3.63) is 22.7 Å². The Hall–Kier alpha value is -1.95. The van der Waals surface area contributed by atoms with Crippen molar-refractivity contribution in [2.24, 2.45) is 5.92 Å². The summed E-state index contributed by atoms with van der Waals surface area (Å²) in [5, 5.41) is 3.24. The lowest BCUT2D eigenvalue weighted by Crippen LogP contribution is -2.42. The van der Waals surface area contributed by atoms with E-state index in [-0.39, 0.29) is 17.9 Å². The van der Waals surface area contributed by atoms with Crippen LogP contribution in [-0.4, -0.2) is 49.6 Å². The lowest BCUT2D eigenvalue weighted by molar-refractivity contribution is -0.127. The number of hydrogen-bond acceptors (Lipinski definition) is 4. The molecule has 1 atom stereocenters. The van der Waals surface area contributed by atoms with E-state index in [2.05, 4.69) is 5.32 Å². The van der Waals surface area contributed by atoms with Gasteiger partial charge in [0, 0.05) is 31.1 Å². The summed E-state index contributed by atoms with van der Waals surface area (Å²) in [6.07, 6.45) is 1.47. The van der Waals surface area contributed by atoms with Crippen molar-refractivity contribution in [2.45, 2.75) is 39.7 Å². The largest absolute Gasteiger partial charge is 0.493 e. The van der Waals surface area contributed by atoms with Crippen LogP contribution in [0.15, 0.2) is 12.1 Å². The Balaban J connectivity index is 2.05. The molecule has 0 spiro atoms. The molecule has 144 valence electrons. The molecule has 1 aromatic carbocycles. The number of carbonyl (C=O) groups is 2. The number of carbonyl (C=O) groups excluding carboxylic acids is 2. The fourth-order valence-electron chi connectivity index (χ4n) is 2.82. The normalized spacial score (nSPS) is 15.3. The molecule has 1 aliphatic rings. The number of hydrogen-bond donors (Lipinski definition) is 1. The van der Waals surface area contributed by atoms with Crippen molar-refractivity contribution in [1.82, 2.24) is 10.2 Å². The van der Waals surface area contributed by atoms with Crippen LogP contribution in [0.2, 0.25) is 5.02 Å². The Morgan fingerprint density at radius 1 is 1.35 bits per heavy atom. The summed E-state index contributed by atoms with van der Waals surface area (Å²) >= 11 is 6.30. The van der Waals surface area contributed by atoms with Gasteiger partial charge < -0.3 is 19.7 Å². The van der Waals surface area contributed by atoms with Crippen LogP contribution in [0.25, 0.3) is 0 Å². The summed E-state index contributed by atoms with van der Waals surface area (Å²) < 4.78 is 11.0. The Labute approximate surface area is 159 Å². The predicted molar refractivity (Wildman–Crippen MR) is 101 cm³/mol. The van der Waals surface area contributed by atoms with Crippen LogP contribution in [0, 0.1) is 5.92 Å². The van der Waals surface area contributed by atoms with Gasteiger partial charge in [-0.3, -0.25) is 9.59 Å². The summed E-state index contributed by atoms with van der Waals surface area (Å²) in [5.74, 6) is 1.08. The molecule has 0 radical (unpaired) electrons. The van der Waals surface area contributed by atoms with Gasteiger partial charge in [-0.1, -0.05) is 25.4 Å². The molecule has 1 aliphatic heterocycles. The van der Waals surface area contributed by atoms with E-state index in [1.54, 1.807) is 17.0 Å². The molecule has 7 heteroatoms. The maximum absolute atomic E-state index is 12.5. The fraction of sp³-hybridized carbons (Fsp3) is 0.579. The van der Waals surface area contributed by atoms with E-state index in [1.165, 1.54) is 7.11 Å². The van der Waals surface area contributed by atoms with Gasteiger partial charge in [0.2, 0.25) is 5.91 Å². The first-order valence-corrected chi connectivity index (χ1v) is 9.28. The van der Waals surface area contributed by atoms with Crippen LogP contribution in [0.1, 0.15) is 44.0 Å². The van der Waals surface area contributed by atoms with Gasteiger partial charge >= 0.3 is 0 Å². The van der Waals surface area contributed by atoms with Crippen molar-refractivity contribution in [3.63, 3.8) is 0 Å². The van der Waals surface area contributed by atoms with E-state index >= 15 is 0 Å². The fourth-order valence-corrected chi connectivity index (χ4v) is 3.09. The average molecular weight is 383 g/mol. The number of likely N-dealkylation sites (tertiary alicyclic amines) is 1. The zero-order chi connectivity index (χ0) is 19.3. The first-order chi connectivity index (χ1) is 12.3. The van der Waals surface area contributed by atoms with Gasteiger partial charge in [0.15, 0.2) is 11.5 Å². The lowest BCUT2D eigenvalue weighted by atomic mass is 10.1. The number of nitrogens with one attached hydrogen (secondary N) is 1. The highest BCUT2D eigenvalue weighted by Gasteiger charge is 2.23. The van der Waals surface area contributed by atoms with Crippen LogP contribution < -0.4 is 14.8 Å². The quantitative estimate of drug-likeness (QED) is 0.750. The van der Waals surface area contributed by atoms with Gasteiger partial charge in [-0.15, -0.1) is 0 Å². The summed E-state index contributed by atoms with van der Waals surface area (Å²) in [6.45, 7) is 7.71. The molecule has 1 aromatic rings. The number of amides is 2. The minimum absolute atomic E-state index is 0.141. The zero-order valence-corrected chi connectivity index (χ0v) is 16.6. The minimum Gasteiger partial charge on any atom is -0.493 e. The molecule has 0 bridgehead atoms. The SMILES string of the molecule is COc1cc(C(=O)NC(C)CN2CCCC2=O)cc(Cl)c1OCC(C)C. The maximum Gasteiger partial charge on any atom is 0.251 e. The number of rotatable bonds is 8. The second-order valence-corrected chi connectivity index (χ2v) is 7.42. The third-order valence-electron chi connectivity index (χ3n) is 4.10. The number of nitrogens with zero attached hydrogens (tertiary/aromatic N) is 1. The third-order valence-corrected chi connectivity index (χ3v) is 4.38. The molecule has 1 N–H and O–H groups in total. The van der Waals surface area contributed by atoms with Gasteiger partial charge in [-0.05, 0) is 31.4 Å². The van der Waals surface area contributed by atoms with Crippen molar-refractivity contribution < 1.29 is 19.1 Å². The molecule has 1 unspecified atom stereocenters. The Morgan fingerprint density at radius 3 is 2.65 bits per heavy atom. The summed E-state index contributed by atoms with van der Waals surface area (Å²) in [4.78, 5) is 26.0. The molecule has 0 saturated carbocycles. The van der Waals surface area contributed by atoms with E-state index in [0.29, 0.717) is 47.6 Å². The Bertz CT molecular complexity index is 663. The Kier molecular flexibility index (Phi) is 7.14. The number of halogens is 1. The first-order valence-electron chi connectivity index (χ1n) is 8.90. The highest BCUT2D eigenvalue weighted by Crippen LogP contribution is 2.36. The second-order valence-electron chi connectivity index (χ2n) is 7.01. The van der Waals surface area contributed by atoms with Crippen LogP contribution >= 0.6 is 11.6 Å². The van der Waals surface area contributed by atoms with E-state index in [9.17, 15) is 9.59 Å². The van der Waals surface area contributed by atoms with E-state index < -0.39 is 0 Å². The molecule has 2 rings (SSSR count). The highest BCUT2D eigenvalue weighted by atomic mass is 35.5. The first kappa shape index (κ1) is 20.4. The Morgan fingerprint density at radius 2 is 2.08 bits per heavy atom. The van der Waals surface area contributed by atoms with Crippen LogP contribution in [0.3, 0.4) is 0 Å². The third kappa shape index (κ3) is 5.27. The number of methoxy groups -OCH3 is 1. The molecule has 1 fully saturated rings. The van der Waals surface area contributed by atoms with Crippen LogP contribution in [0.4, 0.5) is 0 Å². The maximum atomic E-state index is 12.5. The molecule has 1 heterocycles. The monoisotopic (exact) mass is 382 g/mol. The summed E-state index contributed by atoms with van der Waals surface area (Å²) in [6, 6.07) is 3.03. The molecule has 2 amide bonds. The van der Waals surface area contributed by atoms with E-state index in [4.69, 9.17) is 21.1 Å². The summed E-state index contributed by atoms with van der Waals surface area (Å²) in [5.41, 5.74) is 0.392. The van der Waals surface area contributed by atoms with Crippen molar-refractivity contribution in [2.75, 3.05) is 26.8 Å². The van der Waals surface area contributed by atoms with Crippen molar-refractivity contribution in [1.29, 1.82) is 0 Å². The molecule has 1 saturated heterocycles. The number of benzene rings is 1. The molecule has 26 heavy (non-hydrogen) atoms. The lowest BCUT2D eigenvalue weighted by Gasteiger charge is -2.22. The van der Waals surface area contributed by atoms with Gasteiger partial charge in [-0.25, -0.2) is 0 Å².